The summed E-state index contributed by atoms with van der Waals surface area (Å²) in [6, 6.07) is 5.83. The van der Waals surface area contributed by atoms with E-state index < -0.39 is 17.9 Å². The topological polar surface area (TPSA) is 75.6 Å². The van der Waals surface area contributed by atoms with Gasteiger partial charge < -0.3 is 15.2 Å². The van der Waals surface area contributed by atoms with Gasteiger partial charge >= 0.3 is 5.97 Å². The second kappa shape index (κ2) is 7.53. The van der Waals surface area contributed by atoms with Crippen LogP contribution in [0.5, 0.6) is 5.75 Å². The highest BCUT2D eigenvalue weighted by Crippen LogP contribution is 2.14. The molecule has 110 valence electrons. The van der Waals surface area contributed by atoms with Gasteiger partial charge in [0.25, 0.3) is 5.91 Å². The van der Waals surface area contributed by atoms with Crippen LogP contribution in [-0.2, 0) is 4.79 Å². The van der Waals surface area contributed by atoms with Crippen molar-refractivity contribution in [1.82, 2.24) is 5.32 Å². The molecule has 5 nitrogen and oxygen atoms in total. The van der Waals surface area contributed by atoms with Crippen molar-refractivity contribution in [2.75, 3.05) is 6.61 Å². The number of hydrogen-bond donors (Lipinski definition) is 2. The predicted molar refractivity (Wildman–Crippen MR) is 76.0 cm³/mol. The van der Waals surface area contributed by atoms with Gasteiger partial charge in [-0.15, -0.1) is 0 Å². The van der Waals surface area contributed by atoms with Crippen molar-refractivity contribution in [3.8, 4) is 5.75 Å². The van der Waals surface area contributed by atoms with E-state index in [1.807, 2.05) is 6.92 Å². The minimum Gasteiger partial charge on any atom is -0.494 e. The van der Waals surface area contributed by atoms with Crippen LogP contribution in [0, 0.1) is 5.92 Å². The lowest BCUT2D eigenvalue weighted by Crippen LogP contribution is -2.44. The molecule has 1 rings (SSSR count). The number of amides is 1. The summed E-state index contributed by atoms with van der Waals surface area (Å²) in [6.07, 6.45) is 0.880. The van der Waals surface area contributed by atoms with Crippen molar-refractivity contribution in [1.29, 1.82) is 0 Å². The Morgan fingerprint density at radius 3 is 2.60 bits per heavy atom. The number of carboxylic acids is 1. The highest BCUT2D eigenvalue weighted by Gasteiger charge is 2.23. The van der Waals surface area contributed by atoms with Crippen molar-refractivity contribution in [3.63, 3.8) is 0 Å². The molecule has 2 N–H and O–H groups in total. The molecule has 0 heterocycles. The molecule has 0 aliphatic carbocycles. The van der Waals surface area contributed by atoms with E-state index in [0.29, 0.717) is 17.9 Å². The lowest BCUT2D eigenvalue weighted by Gasteiger charge is -2.18. The standard InChI is InChI=1S/C15H21NO4/c1-4-8-20-12-7-5-6-11(9-12)14(17)16-13(10(2)3)15(18)19/h5-7,9-10,13H,4,8H2,1-3H3,(H,16,17)(H,18,19). The molecule has 1 aromatic rings. The Hall–Kier alpha value is -2.04. The number of carboxylic acid groups (broad SMARTS) is 1. The smallest absolute Gasteiger partial charge is 0.326 e. The number of rotatable bonds is 7. The fourth-order valence-electron chi connectivity index (χ4n) is 1.69. The number of carbonyl (C=O) groups is 2. The van der Waals surface area contributed by atoms with Crippen molar-refractivity contribution in [2.45, 2.75) is 33.2 Å². The molecule has 0 aliphatic heterocycles. The maximum Gasteiger partial charge on any atom is 0.326 e. The van der Waals surface area contributed by atoms with E-state index in [1.54, 1.807) is 38.1 Å². The summed E-state index contributed by atoms with van der Waals surface area (Å²) in [6.45, 7) is 6.07. The van der Waals surface area contributed by atoms with Gasteiger partial charge in [-0.25, -0.2) is 4.79 Å². The van der Waals surface area contributed by atoms with Crippen molar-refractivity contribution >= 4 is 11.9 Å². The Morgan fingerprint density at radius 1 is 1.35 bits per heavy atom. The molecule has 0 saturated heterocycles. The first kappa shape index (κ1) is 16.0. The van der Waals surface area contributed by atoms with Gasteiger partial charge in [-0.2, -0.15) is 0 Å². The summed E-state index contributed by atoms with van der Waals surface area (Å²) in [5.74, 6) is -1.02. The lowest BCUT2D eigenvalue weighted by molar-refractivity contribution is -0.140. The van der Waals surface area contributed by atoms with Crippen LogP contribution >= 0.6 is 0 Å². The monoisotopic (exact) mass is 279 g/mol. The summed E-state index contributed by atoms with van der Waals surface area (Å²) < 4.78 is 5.45. The first-order chi connectivity index (χ1) is 9.45. The maximum atomic E-state index is 12.1. The first-order valence-corrected chi connectivity index (χ1v) is 6.72. The molecule has 0 bridgehead atoms. The normalized spacial score (nSPS) is 12.0. The third-order valence-corrected chi connectivity index (χ3v) is 2.79. The number of benzene rings is 1. The Morgan fingerprint density at radius 2 is 2.05 bits per heavy atom. The molecule has 0 aromatic heterocycles. The fraction of sp³-hybridized carbons (Fsp3) is 0.467. The third-order valence-electron chi connectivity index (χ3n) is 2.79. The lowest BCUT2D eigenvalue weighted by atomic mass is 10.0. The summed E-state index contributed by atoms with van der Waals surface area (Å²) in [4.78, 5) is 23.1. The number of aliphatic carboxylic acids is 1. The zero-order valence-electron chi connectivity index (χ0n) is 12.1. The fourth-order valence-corrected chi connectivity index (χ4v) is 1.69. The van der Waals surface area contributed by atoms with Gasteiger partial charge in [-0.1, -0.05) is 26.8 Å². The minimum absolute atomic E-state index is 0.184. The van der Waals surface area contributed by atoms with E-state index >= 15 is 0 Å². The minimum atomic E-state index is -1.04. The molecule has 1 unspecified atom stereocenters. The molecule has 0 saturated carbocycles. The molecule has 5 heteroatoms. The summed E-state index contributed by atoms with van der Waals surface area (Å²) >= 11 is 0. The van der Waals surface area contributed by atoms with Crippen LogP contribution in [0.15, 0.2) is 24.3 Å². The molecule has 20 heavy (non-hydrogen) atoms. The highest BCUT2D eigenvalue weighted by molar-refractivity contribution is 5.96. The number of ether oxygens (including phenoxy) is 1. The van der Waals surface area contributed by atoms with Crippen molar-refractivity contribution < 1.29 is 19.4 Å². The maximum absolute atomic E-state index is 12.1. The zero-order valence-corrected chi connectivity index (χ0v) is 12.1. The quantitative estimate of drug-likeness (QED) is 0.803. The molecule has 1 amide bonds. The predicted octanol–water partition coefficient (Wildman–Crippen LogP) is 2.31. The third kappa shape index (κ3) is 4.57. The van der Waals surface area contributed by atoms with Gasteiger partial charge in [-0.05, 0) is 30.5 Å². The molecule has 0 spiro atoms. The number of nitrogens with one attached hydrogen (secondary N) is 1. The molecular weight excluding hydrogens is 258 g/mol. The summed E-state index contributed by atoms with van der Waals surface area (Å²) in [5.41, 5.74) is 0.394. The average molecular weight is 279 g/mol. The van der Waals surface area contributed by atoms with E-state index in [2.05, 4.69) is 5.32 Å². The van der Waals surface area contributed by atoms with Gasteiger partial charge in [0.05, 0.1) is 6.61 Å². The Balaban J connectivity index is 2.78. The highest BCUT2D eigenvalue weighted by atomic mass is 16.5. The largest absolute Gasteiger partial charge is 0.494 e. The van der Waals surface area contributed by atoms with Crippen LogP contribution in [0.2, 0.25) is 0 Å². The van der Waals surface area contributed by atoms with Crippen LogP contribution in [0.4, 0.5) is 0 Å². The Kier molecular flexibility index (Phi) is 6.03. The molecular formula is C15H21NO4. The van der Waals surface area contributed by atoms with Crippen LogP contribution in [0.1, 0.15) is 37.6 Å². The molecule has 0 aliphatic rings. The van der Waals surface area contributed by atoms with E-state index in [1.165, 1.54) is 0 Å². The molecule has 0 fully saturated rings. The second-order valence-corrected chi connectivity index (χ2v) is 4.91. The number of hydrogen-bond acceptors (Lipinski definition) is 3. The summed E-state index contributed by atoms with van der Waals surface area (Å²) in [5, 5.41) is 11.6. The van der Waals surface area contributed by atoms with Crippen molar-refractivity contribution in [3.05, 3.63) is 29.8 Å². The molecule has 1 aromatic carbocycles. The first-order valence-electron chi connectivity index (χ1n) is 6.72. The Bertz CT molecular complexity index is 471. The average Bonchev–Trinajstić information content (AvgIpc) is 2.41. The van der Waals surface area contributed by atoms with E-state index in [9.17, 15) is 9.59 Å². The van der Waals surface area contributed by atoms with Gasteiger partial charge in [0.1, 0.15) is 11.8 Å². The van der Waals surface area contributed by atoms with E-state index in [4.69, 9.17) is 9.84 Å². The number of carbonyl (C=O) groups excluding carboxylic acids is 1. The molecule has 1 atom stereocenters. The van der Waals surface area contributed by atoms with E-state index in [0.717, 1.165) is 6.42 Å². The van der Waals surface area contributed by atoms with Crippen LogP contribution in [0.3, 0.4) is 0 Å². The molecule has 0 radical (unpaired) electrons. The second-order valence-electron chi connectivity index (χ2n) is 4.91. The van der Waals surface area contributed by atoms with Crippen LogP contribution < -0.4 is 10.1 Å². The van der Waals surface area contributed by atoms with Gasteiger partial charge in [0, 0.05) is 5.56 Å². The van der Waals surface area contributed by atoms with Gasteiger partial charge in [-0.3, -0.25) is 4.79 Å². The zero-order chi connectivity index (χ0) is 15.1. The van der Waals surface area contributed by atoms with Crippen LogP contribution in [-0.4, -0.2) is 29.6 Å². The Labute approximate surface area is 118 Å². The SMILES string of the molecule is CCCOc1cccc(C(=O)NC(C(=O)O)C(C)C)c1. The van der Waals surface area contributed by atoms with Crippen LogP contribution in [0.25, 0.3) is 0 Å². The van der Waals surface area contributed by atoms with Crippen molar-refractivity contribution in [2.24, 2.45) is 5.92 Å². The van der Waals surface area contributed by atoms with Gasteiger partial charge in [0.15, 0.2) is 0 Å². The summed E-state index contributed by atoms with van der Waals surface area (Å²) in [7, 11) is 0. The van der Waals surface area contributed by atoms with Gasteiger partial charge in [0.2, 0.25) is 0 Å². The van der Waals surface area contributed by atoms with E-state index in [-0.39, 0.29) is 5.92 Å².